The summed E-state index contributed by atoms with van der Waals surface area (Å²) in [7, 11) is 0. The molecular formula is C24H26ClN3O. The van der Waals surface area contributed by atoms with Crippen molar-refractivity contribution in [1.29, 1.82) is 0 Å². The first-order chi connectivity index (χ1) is 14.1. The van der Waals surface area contributed by atoms with E-state index in [1.54, 1.807) is 6.92 Å². The van der Waals surface area contributed by atoms with E-state index in [9.17, 15) is 4.79 Å². The molecule has 0 spiro atoms. The van der Waals surface area contributed by atoms with E-state index >= 15 is 0 Å². The largest absolute Gasteiger partial charge is 0.361 e. The molecule has 0 saturated carbocycles. The van der Waals surface area contributed by atoms with E-state index in [2.05, 4.69) is 40.3 Å². The van der Waals surface area contributed by atoms with Crippen LogP contribution in [0.25, 0.3) is 10.9 Å². The van der Waals surface area contributed by atoms with Crippen LogP contribution in [-0.4, -0.2) is 41.5 Å². The second kappa shape index (κ2) is 7.51. The SMILES string of the molecule is CC(=O)N1c2ccccc2CC1CN1CCC(c2c[nH]c3cc(Cl)ccc23)CC1. The summed E-state index contributed by atoms with van der Waals surface area (Å²) in [4.78, 5) is 20.2. The van der Waals surface area contributed by atoms with Crippen LogP contribution in [-0.2, 0) is 11.2 Å². The highest BCUT2D eigenvalue weighted by atomic mass is 35.5. The quantitative estimate of drug-likeness (QED) is 0.665. The minimum absolute atomic E-state index is 0.146. The van der Waals surface area contributed by atoms with Crippen molar-refractivity contribution < 1.29 is 4.79 Å². The number of aromatic amines is 1. The van der Waals surface area contributed by atoms with Crippen molar-refractivity contribution in [3.63, 3.8) is 0 Å². The van der Waals surface area contributed by atoms with Crippen LogP contribution in [0.1, 0.15) is 36.8 Å². The Morgan fingerprint density at radius 3 is 2.76 bits per heavy atom. The Balaban J connectivity index is 1.26. The van der Waals surface area contributed by atoms with E-state index in [-0.39, 0.29) is 11.9 Å². The van der Waals surface area contributed by atoms with Crippen LogP contribution in [0, 0.1) is 0 Å². The smallest absolute Gasteiger partial charge is 0.224 e. The van der Waals surface area contributed by atoms with Crippen LogP contribution in [0.2, 0.25) is 5.02 Å². The summed E-state index contributed by atoms with van der Waals surface area (Å²) in [5, 5.41) is 2.06. The molecule has 2 aliphatic rings. The molecule has 3 aromatic rings. The number of amides is 1. The number of benzene rings is 2. The molecule has 1 unspecified atom stereocenters. The average Bonchev–Trinajstić information content (AvgIpc) is 3.29. The van der Waals surface area contributed by atoms with Crippen LogP contribution in [0.4, 0.5) is 5.69 Å². The number of H-pyrrole nitrogens is 1. The van der Waals surface area contributed by atoms with Gasteiger partial charge in [-0.25, -0.2) is 0 Å². The highest BCUT2D eigenvalue weighted by molar-refractivity contribution is 6.31. The summed E-state index contributed by atoms with van der Waals surface area (Å²) in [5.41, 5.74) is 4.92. The molecule has 1 fully saturated rings. The molecule has 0 radical (unpaired) electrons. The number of rotatable bonds is 3. The lowest BCUT2D eigenvalue weighted by atomic mass is 9.89. The molecule has 0 bridgehead atoms. The number of piperidine rings is 1. The van der Waals surface area contributed by atoms with E-state index in [0.29, 0.717) is 5.92 Å². The molecular weight excluding hydrogens is 382 g/mol. The summed E-state index contributed by atoms with van der Waals surface area (Å²) in [5.74, 6) is 0.721. The molecule has 5 rings (SSSR count). The summed E-state index contributed by atoms with van der Waals surface area (Å²) >= 11 is 6.13. The Bertz CT molecular complexity index is 1050. The fourth-order valence-electron chi connectivity index (χ4n) is 5.22. The van der Waals surface area contributed by atoms with Crippen molar-refractivity contribution in [2.24, 2.45) is 0 Å². The van der Waals surface area contributed by atoms with Gasteiger partial charge in [0.15, 0.2) is 0 Å². The van der Waals surface area contributed by atoms with E-state index in [4.69, 9.17) is 11.6 Å². The predicted octanol–water partition coefficient (Wildman–Crippen LogP) is 4.98. The zero-order chi connectivity index (χ0) is 20.0. The first kappa shape index (κ1) is 18.7. The number of nitrogens with one attached hydrogen (secondary N) is 1. The van der Waals surface area contributed by atoms with Gasteiger partial charge in [-0.3, -0.25) is 4.79 Å². The van der Waals surface area contributed by atoms with Gasteiger partial charge in [-0.05, 0) is 67.6 Å². The van der Waals surface area contributed by atoms with E-state index < -0.39 is 0 Å². The van der Waals surface area contributed by atoms with Gasteiger partial charge >= 0.3 is 0 Å². The van der Waals surface area contributed by atoms with Gasteiger partial charge < -0.3 is 14.8 Å². The van der Waals surface area contributed by atoms with Crippen LogP contribution in [0.5, 0.6) is 0 Å². The maximum Gasteiger partial charge on any atom is 0.224 e. The Labute approximate surface area is 176 Å². The number of carbonyl (C=O) groups is 1. The summed E-state index contributed by atoms with van der Waals surface area (Å²) in [6, 6.07) is 14.7. The fourth-order valence-corrected chi connectivity index (χ4v) is 5.39. The standard InChI is InChI=1S/C24H26ClN3O/c1-16(29)28-20(12-18-4-2-3-5-24(18)28)15-27-10-8-17(9-11-27)22-14-26-23-13-19(25)6-7-21(22)23/h2-7,13-14,17,20,26H,8-12,15H2,1H3. The van der Waals surface area contributed by atoms with Gasteiger partial charge in [-0.2, -0.15) is 0 Å². The maximum absolute atomic E-state index is 12.3. The zero-order valence-electron chi connectivity index (χ0n) is 16.7. The summed E-state index contributed by atoms with van der Waals surface area (Å²) in [6.07, 6.45) is 5.41. The highest BCUT2D eigenvalue weighted by Crippen LogP contribution is 2.36. The van der Waals surface area contributed by atoms with Crippen molar-refractivity contribution in [2.45, 2.75) is 38.1 Å². The van der Waals surface area contributed by atoms with Crippen LogP contribution < -0.4 is 4.90 Å². The molecule has 2 aromatic carbocycles. The number of hydrogen-bond acceptors (Lipinski definition) is 2. The van der Waals surface area contributed by atoms with E-state index in [1.807, 2.05) is 23.1 Å². The van der Waals surface area contributed by atoms with Gasteiger partial charge in [0.1, 0.15) is 0 Å². The minimum Gasteiger partial charge on any atom is -0.361 e. The predicted molar refractivity (Wildman–Crippen MR) is 119 cm³/mol. The van der Waals surface area contributed by atoms with E-state index in [0.717, 1.165) is 55.1 Å². The molecule has 1 N–H and O–H groups in total. The monoisotopic (exact) mass is 407 g/mol. The molecule has 5 heteroatoms. The molecule has 3 heterocycles. The Hall–Kier alpha value is -2.30. The van der Waals surface area contributed by atoms with Gasteiger partial charge in [0, 0.05) is 41.3 Å². The highest BCUT2D eigenvalue weighted by Gasteiger charge is 2.34. The molecule has 1 atom stereocenters. The van der Waals surface area contributed by atoms with Gasteiger partial charge in [0.25, 0.3) is 0 Å². The minimum atomic E-state index is 0.146. The lowest BCUT2D eigenvalue weighted by Crippen LogP contribution is -2.46. The lowest BCUT2D eigenvalue weighted by molar-refractivity contribution is -0.117. The van der Waals surface area contributed by atoms with Crippen molar-refractivity contribution in [2.75, 3.05) is 24.5 Å². The molecule has 1 amide bonds. The lowest BCUT2D eigenvalue weighted by Gasteiger charge is -2.35. The average molecular weight is 408 g/mol. The van der Waals surface area contributed by atoms with Gasteiger partial charge in [0.2, 0.25) is 5.91 Å². The normalized spacial score (nSPS) is 20.3. The van der Waals surface area contributed by atoms with Gasteiger partial charge in [-0.15, -0.1) is 0 Å². The Kier molecular flexibility index (Phi) is 4.84. The first-order valence-corrected chi connectivity index (χ1v) is 10.8. The number of hydrogen-bond donors (Lipinski definition) is 1. The van der Waals surface area contributed by atoms with Crippen LogP contribution in [0.15, 0.2) is 48.7 Å². The number of anilines is 1. The van der Waals surface area contributed by atoms with Crippen LogP contribution >= 0.6 is 11.6 Å². The zero-order valence-corrected chi connectivity index (χ0v) is 17.5. The van der Waals surface area contributed by atoms with Crippen LogP contribution in [0.3, 0.4) is 0 Å². The Morgan fingerprint density at radius 2 is 1.97 bits per heavy atom. The maximum atomic E-state index is 12.3. The molecule has 29 heavy (non-hydrogen) atoms. The second-order valence-corrected chi connectivity index (χ2v) is 8.82. The number of halogens is 1. The van der Waals surface area contributed by atoms with Gasteiger partial charge in [0.05, 0.1) is 6.04 Å². The number of aromatic nitrogens is 1. The molecule has 1 saturated heterocycles. The second-order valence-electron chi connectivity index (χ2n) is 8.38. The fraction of sp³-hybridized carbons (Fsp3) is 0.375. The third-order valence-electron chi connectivity index (χ3n) is 6.58. The molecule has 1 aromatic heterocycles. The molecule has 4 nitrogen and oxygen atoms in total. The van der Waals surface area contributed by atoms with Crippen molar-refractivity contribution >= 4 is 34.1 Å². The third-order valence-corrected chi connectivity index (χ3v) is 6.82. The molecule has 2 aliphatic heterocycles. The molecule has 0 aliphatic carbocycles. The van der Waals surface area contributed by atoms with Crippen molar-refractivity contribution in [1.82, 2.24) is 9.88 Å². The summed E-state index contributed by atoms with van der Waals surface area (Å²) < 4.78 is 0. The number of likely N-dealkylation sites (tertiary alicyclic amines) is 1. The van der Waals surface area contributed by atoms with Crippen molar-refractivity contribution in [3.05, 3.63) is 64.8 Å². The number of carbonyl (C=O) groups excluding carboxylic acids is 1. The summed E-state index contributed by atoms with van der Waals surface area (Å²) in [6.45, 7) is 4.78. The topological polar surface area (TPSA) is 39.3 Å². The number of para-hydroxylation sites is 1. The van der Waals surface area contributed by atoms with Crippen molar-refractivity contribution in [3.8, 4) is 0 Å². The molecule has 150 valence electrons. The Morgan fingerprint density at radius 1 is 1.17 bits per heavy atom. The first-order valence-electron chi connectivity index (χ1n) is 10.5. The number of nitrogens with zero attached hydrogens (tertiary/aromatic N) is 2. The van der Waals surface area contributed by atoms with E-state index in [1.165, 1.54) is 16.5 Å². The van der Waals surface area contributed by atoms with Gasteiger partial charge in [-0.1, -0.05) is 35.9 Å². The third kappa shape index (κ3) is 3.45. The number of fused-ring (bicyclic) bond motifs is 2.